The summed E-state index contributed by atoms with van der Waals surface area (Å²) in [6, 6.07) is 67.1. The predicted molar refractivity (Wildman–Crippen MR) is 482 cm³/mol. The fourth-order valence-electron chi connectivity index (χ4n) is 14.7. The van der Waals surface area contributed by atoms with E-state index in [0.29, 0.717) is 39.5 Å². The zero-order valence-corrected chi connectivity index (χ0v) is 70.2. The van der Waals surface area contributed by atoms with Gasteiger partial charge in [-0.15, -0.1) is 0 Å². The molecule has 0 aliphatic carbocycles. The first-order valence-corrected chi connectivity index (χ1v) is 41.5. The molecule has 2 aliphatic heterocycles. The summed E-state index contributed by atoms with van der Waals surface area (Å²) in [5, 5.41) is 16.1. The van der Waals surface area contributed by atoms with Gasteiger partial charge in [0.25, 0.3) is 0 Å². The first-order valence-electron chi connectivity index (χ1n) is 41.5. The number of nitrogens with two attached hydrogens (primary N) is 1. The van der Waals surface area contributed by atoms with E-state index in [1.54, 1.807) is 103 Å². The number of aromatic nitrogens is 4. The number of hydrogen-bond donors (Lipinski definition) is 9. The summed E-state index contributed by atoms with van der Waals surface area (Å²) < 4.78 is 10.9. The number of ether oxygens (including phenoxy) is 2. The van der Waals surface area contributed by atoms with Crippen molar-refractivity contribution in [3.05, 3.63) is 264 Å². The normalized spacial score (nSPS) is 12.1. The van der Waals surface area contributed by atoms with Gasteiger partial charge >= 0.3 is 12.2 Å². The summed E-state index contributed by atoms with van der Waals surface area (Å²) >= 11 is 0. The number of nitrogens with zero attached hydrogens (tertiary/aromatic N) is 6. The number of anilines is 2. The molecule has 0 fully saturated rings. The van der Waals surface area contributed by atoms with Crippen molar-refractivity contribution in [3.63, 3.8) is 0 Å². The molecule has 11 amide bonds. The predicted octanol–water partition coefficient (Wildman–Crippen LogP) is 12.8. The number of nitrogens with one attached hydrogen (secondary N) is 8. The SMILES string of the molecule is CNCC(=O)N(CCNC(=O)CNC(=O)[C@H](CC(C)C)NC(=O)[C@H](C)N(C(=O)CNC(=O)[C@H](CCCCN)N(C(=O)CCC(=O)Nc1ccc(-c2c3nc(c(-c4ccccc4)c4ccc([nH]4)c(-c4ccccc4)c4nc(c(-c5ccccc5)c5ccc2[nH]5)C=C4)C=C3)cc1)C(=O)CN(C)C(=O)OCc1ccccc1)c1ccccc1)C(=O)OCc1ccccc1. The molecule has 5 heterocycles. The van der Waals surface area contributed by atoms with Crippen molar-refractivity contribution in [2.24, 2.45) is 11.7 Å². The molecule has 10 aromatic rings. The van der Waals surface area contributed by atoms with Gasteiger partial charge in [0, 0.05) is 88.7 Å². The number of unbranched alkanes of at least 4 members (excludes halogenated alkanes) is 1. The molecule has 0 saturated carbocycles. The van der Waals surface area contributed by atoms with Gasteiger partial charge in [0.2, 0.25) is 53.2 Å². The molecule has 0 saturated heterocycles. The Kier molecular flexibility index (Phi) is 31.2. The summed E-state index contributed by atoms with van der Waals surface area (Å²) in [4.78, 5) is 177. The molecule has 2 aliphatic rings. The maximum Gasteiger partial charge on any atom is 0.416 e. The van der Waals surface area contributed by atoms with Gasteiger partial charge in [-0.3, -0.25) is 53.0 Å². The number of rotatable bonds is 36. The van der Waals surface area contributed by atoms with E-state index in [1.807, 2.05) is 117 Å². The topological polar surface area (TPSA) is 375 Å². The minimum atomic E-state index is -1.66. The van der Waals surface area contributed by atoms with Crippen LogP contribution in [0.5, 0.6) is 0 Å². The van der Waals surface area contributed by atoms with E-state index in [4.69, 9.17) is 25.2 Å². The maximum atomic E-state index is 15.1. The summed E-state index contributed by atoms with van der Waals surface area (Å²) in [5.41, 5.74) is 21.0. The van der Waals surface area contributed by atoms with Crippen LogP contribution in [0.25, 0.3) is 90.9 Å². The lowest BCUT2D eigenvalue weighted by Crippen LogP contribution is -2.58. The van der Waals surface area contributed by atoms with Crippen molar-refractivity contribution in [3.8, 4) is 44.5 Å². The van der Waals surface area contributed by atoms with Gasteiger partial charge in [-0.05, 0) is 158 Å². The lowest BCUT2D eigenvalue weighted by atomic mass is 10.0. The average molecular weight is 1680 g/mol. The molecule has 642 valence electrons. The number of H-pyrrole nitrogens is 2. The highest BCUT2D eigenvalue weighted by Crippen LogP contribution is 2.39. The van der Waals surface area contributed by atoms with E-state index in [1.165, 1.54) is 21.0 Å². The quantitative estimate of drug-likeness (QED) is 0.0165. The van der Waals surface area contributed by atoms with Crippen LogP contribution in [0.15, 0.2) is 231 Å². The van der Waals surface area contributed by atoms with Crippen molar-refractivity contribution in [1.29, 1.82) is 0 Å². The molecule has 125 heavy (non-hydrogen) atoms. The average Bonchev–Trinajstić information content (AvgIpc) is 1.62. The molecule has 12 rings (SSSR count). The number of imide groups is 2. The molecule has 7 aromatic carbocycles. The van der Waals surface area contributed by atoms with E-state index in [-0.39, 0.29) is 70.3 Å². The monoisotopic (exact) mass is 1680 g/mol. The van der Waals surface area contributed by atoms with Crippen LogP contribution in [-0.2, 0) is 65.8 Å². The van der Waals surface area contributed by atoms with Gasteiger partial charge in [-0.25, -0.2) is 24.5 Å². The Bertz CT molecular complexity index is 5720. The molecule has 10 N–H and O–H groups in total. The molecule has 8 bridgehead atoms. The summed E-state index contributed by atoms with van der Waals surface area (Å²) in [5.74, 6) is -7.44. The van der Waals surface area contributed by atoms with E-state index in [9.17, 15) is 43.2 Å². The molecule has 28 heteroatoms. The van der Waals surface area contributed by atoms with E-state index in [0.717, 1.165) is 92.7 Å². The van der Waals surface area contributed by atoms with Gasteiger partial charge in [0.1, 0.15) is 37.9 Å². The largest absolute Gasteiger partial charge is 0.445 e. The van der Waals surface area contributed by atoms with Gasteiger partial charge in [0.15, 0.2) is 0 Å². The Hall–Kier alpha value is -14.8. The Morgan fingerprint density at radius 3 is 1.38 bits per heavy atom. The number of fused-ring (bicyclic) bond motifs is 8. The number of amides is 11. The second-order valence-electron chi connectivity index (χ2n) is 30.4. The zero-order chi connectivity index (χ0) is 88.3. The van der Waals surface area contributed by atoms with Crippen LogP contribution in [0.2, 0.25) is 0 Å². The number of likely N-dealkylation sites (N-methyl/N-ethyl adjacent to an activating group) is 2. The minimum absolute atomic E-state index is 0.0833. The van der Waals surface area contributed by atoms with Crippen LogP contribution in [0, 0.1) is 5.92 Å². The number of aromatic amines is 2. The third-order valence-corrected chi connectivity index (χ3v) is 20.9. The van der Waals surface area contributed by atoms with E-state index < -0.39 is 116 Å². The van der Waals surface area contributed by atoms with Crippen molar-refractivity contribution in [2.45, 2.75) is 90.6 Å². The van der Waals surface area contributed by atoms with Crippen molar-refractivity contribution < 1.29 is 62.2 Å². The summed E-state index contributed by atoms with van der Waals surface area (Å²) in [6.07, 6.45) is 5.52. The number of carbonyl (C=O) groups is 11. The van der Waals surface area contributed by atoms with Gasteiger partial charge < -0.3 is 62.0 Å². The van der Waals surface area contributed by atoms with Crippen molar-refractivity contribution in [2.75, 3.05) is 70.1 Å². The Morgan fingerprint density at radius 2 is 0.912 bits per heavy atom. The van der Waals surface area contributed by atoms with Crippen molar-refractivity contribution >= 4 is 123 Å². The van der Waals surface area contributed by atoms with Crippen LogP contribution in [-0.4, -0.2) is 178 Å². The lowest BCUT2D eigenvalue weighted by Gasteiger charge is -2.32. The minimum Gasteiger partial charge on any atom is -0.445 e. The first kappa shape index (κ1) is 89.5. The number of para-hydroxylation sites is 1. The Labute approximate surface area is 724 Å². The fraction of sp³-hybridized carbons (Fsp3) is 0.247. The molecule has 0 radical (unpaired) electrons. The first-order chi connectivity index (χ1) is 60.6. The molecular formula is C97H101N15O13. The van der Waals surface area contributed by atoms with Crippen LogP contribution in [0.1, 0.15) is 93.2 Å². The number of hydrogen-bond acceptors (Lipinski definition) is 17. The van der Waals surface area contributed by atoms with Crippen LogP contribution in [0.3, 0.4) is 0 Å². The van der Waals surface area contributed by atoms with E-state index in [2.05, 4.69) is 90.4 Å². The van der Waals surface area contributed by atoms with Gasteiger partial charge in [-0.2, -0.15) is 0 Å². The van der Waals surface area contributed by atoms with Crippen LogP contribution in [0.4, 0.5) is 21.0 Å². The third kappa shape index (κ3) is 23.7. The molecular weight excluding hydrogens is 1580 g/mol. The maximum absolute atomic E-state index is 15.1. The highest BCUT2D eigenvalue weighted by molar-refractivity contribution is 6.07. The summed E-state index contributed by atoms with van der Waals surface area (Å²) in [7, 11) is 2.82. The number of carbonyl (C=O) groups excluding carboxylic acids is 11. The smallest absolute Gasteiger partial charge is 0.416 e. The van der Waals surface area contributed by atoms with E-state index >= 15 is 9.59 Å². The highest BCUT2D eigenvalue weighted by Gasteiger charge is 2.38. The fourth-order valence-corrected chi connectivity index (χ4v) is 14.7. The molecule has 0 spiro atoms. The van der Waals surface area contributed by atoms with Gasteiger partial charge in [0.05, 0.1) is 42.4 Å². The molecule has 0 unspecified atom stereocenters. The van der Waals surface area contributed by atoms with Crippen LogP contribution >= 0.6 is 0 Å². The Balaban J connectivity index is 0.770. The Morgan fingerprint density at radius 1 is 0.456 bits per heavy atom. The highest BCUT2D eigenvalue weighted by atomic mass is 16.6. The molecule has 28 nitrogen and oxygen atoms in total. The second-order valence-corrected chi connectivity index (χ2v) is 30.4. The van der Waals surface area contributed by atoms with Crippen molar-refractivity contribution in [1.82, 2.24) is 61.2 Å². The summed E-state index contributed by atoms with van der Waals surface area (Å²) in [6.45, 7) is 2.15. The molecule has 3 aromatic heterocycles. The standard InChI is InChI=1S/C97H101N15O13/c1-63(2)56-81(94(120)101-57-84(114)100-54-55-110(86(116)58-99-4)97(123)125-62-66-28-14-7-15-29-66)108-93(119)64(3)111(72-36-22-11-23-37-72)87(117)59-102-95(121)82(38-24-25-53-98)112(88(118)60-109(5)96(122)124-61-65-26-12-6-13-27-65)85(115)52-51-83(113)103-71-41-39-70(40-42-71)92-79-49-47-77(106-79)90(68-32-18-9-19-33-68)75-45-43-73(104-75)89(67-30-16-8-17-31-67)74-44-46-76(105-74)91(69-34-20-10-21-35-69)78-48-50-80(92)107-78/h6-23,26-37,39-50,63-64,81-82,99,104,107H,24-25,38,51-62,98H2,1-5H3,(H,100,114)(H,101,120)(H,102,121)(H,103,113)(H,108,119)/t64-,81-,82-/m0/s1. The second kappa shape index (κ2) is 43.6. The number of benzene rings is 7. The lowest BCUT2D eigenvalue weighted by molar-refractivity contribution is -0.153. The zero-order valence-electron chi connectivity index (χ0n) is 70.2. The van der Waals surface area contributed by atoms with Crippen LogP contribution < -0.4 is 42.5 Å². The van der Waals surface area contributed by atoms with Gasteiger partial charge in [-0.1, -0.05) is 196 Å². The third-order valence-electron chi connectivity index (χ3n) is 20.9. The molecule has 3 atom stereocenters.